The number of rotatable bonds is 2. The van der Waals surface area contributed by atoms with E-state index in [9.17, 15) is 4.79 Å². The van der Waals surface area contributed by atoms with Crippen LogP contribution in [-0.4, -0.2) is 29.7 Å². The first-order valence-corrected chi connectivity index (χ1v) is 7.23. The van der Waals surface area contributed by atoms with Crippen molar-refractivity contribution in [3.63, 3.8) is 0 Å². The van der Waals surface area contributed by atoms with E-state index in [1.807, 2.05) is 25.1 Å². The topological polar surface area (TPSA) is 67.6 Å². The fourth-order valence-corrected chi connectivity index (χ4v) is 2.79. The van der Waals surface area contributed by atoms with E-state index in [4.69, 9.17) is 9.26 Å². The zero-order valence-corrected chi connectivity index (χ0v) is 13.0. The zero-order chi connectivity index (χ0) is 15.7. The molecule has 0 saturated heterocycles. The highest BCUT2D eigenvalue weighted by atomic mass is 16.5. The zero-order valence-electron chi connectivity index (χ0n) is 13.0. The normalized spacial score (nSPS) is 13.7. The Bertz CT molecular complexity index is 689. The number of carbonyl (C=O) groups excluding carboxylic acids is 1. The molecule has 1 aromatic carbocycles. The number of fused-ring (bicyclic) bond motifs is 1. The summed E-state index contributed by atoms with van der Waals surface area (Å²) in [4.78, 5) is 14.2. The lowest BCUT2D eigenvalue weighted by molar-refractivity contribution is 0.205. The third-order valence-electron chi connectivity index (χ3n) is 4.00. The molecule has 2 amide bonds. The van der Waals surface area contributed by atoms with Gasteiger partial charge in [-0.3, -0.25) is 0 Å². The summed E-state index contributed by atoms with van der Waals surface area (Å²) in [7, 11) is 1.67. The molecule has 0 fully saturated rings. The molecule has 0 saturated carbocycles. The number of urea groups is 1. The second-order valence-corrected chi connectivity index (χ2v) is 5.40. The molecule has 0 bridgehead atoms. The molecule has 0 unspecified atom stereocenters. The van der Waals surface area contributed by atoms with Gasteiger partial charge in [-0.15, -0.1) is 0 Å². The first-order chi connectivity index (χ1) is 10.6. The molecule has 3 rings (SSSR count). The Balaban J connectivity index is 1.76. The third kappa shape index (κ3) is 2.52. The fourth-order valence-electron chi connectivity index (χ4n) is 2.79. The van der Waals surface area contributed by atoms with Gasteiger partial charge in [0.25, 0.3) is 0 Å². The van der Waals surface area contributed by atoms with Crippen molar-refractivity contribution in [2.24, 2.45) is 0 Å². The summed E-state index contributed by atoms with van der Waals surface area (Å²) in [6.45, 7) is 4.82. The Morgan fingerprint density at radius 2 is 2.23 bits per heavy atom. The Labute approximate surface area is 129 Å². The maximum Gasteiger partial charge on any atom is 0.322 e. The lowest BCUT2D eigenvalue weighted by atomic mass is 9.99. The van der Waals surface area contributed by atoms with Gasteiger partial charge in [0, 0.05) is 18.7 Å². The molecule has 1 N–H and O–H groups in total. The molecule has 0 aliphatic carbocycles. The quantitative estimate of drug-likeness (QED) is 0.926. The van der Waals surface area contributed by atoms with Crippen LogP contribution in [0.5, 0.6) is 5.75 Å². The number of benzene rings is 1. The van der Waals surface area contributed by atoms with E-state index >= 15 is 0 Å². The van der Waals surface area contributed by atoms with Gasteiger partial charge in [0.15, 0.2) is 5.76 Å². The standard InChI is InChI=1S/C16H19N3O3/c1-10-15(11(2)22-18-10)17-16(20)19-8-7-13-12(9-19)5-4-6-14(13)21-3/h4-6H,7-9H2,1-3H3,(H,17,20). The largest absolute Gasteiger partial charge is 0.496 e. The SMILES string of the molecule is COc1cccc2c1CCN(C(=O)Nc1c(C)noc1C)C2. The van der Waals surface area contributed by atoms with Crippen molar-refractivity contribution in [1.82, 2.24) is 10.1 Å². The number of hydrogen-bond acceptors (Lipinski definition) is 4. The van der Waals surface area contributed by atoms with Crippen molar-refractivity contribution < 1.29 is 14.1 Å². The molecule has 1 aliphatic rings. The van der Waals surface area contributed by atoms with Gasteiger partial charge in [-0.05, 0) is 31.9 Å². The monoisotopic (exact) mass is 301 g/mol. The van der Waals surface area contributed by atoms with Gasteiger partial charge in [0.2, 0.25) is 0 Å². The second kappa shape index (κ2) is 5.71. The molecule has 2 heterocycles. The Kier molecular flexibility index (Phi) is 3.75. The number of aromatic nitrogens is 1. The molecule has 6 nitrogen and oxygen atoms in total. The minimum absolute atomic E-state index is 0.136. The first kappa shape index (κ1) is 14.4. The highest BCUT2D eigenvalue weighted by Gasteiger charge is 2.24. The van der Waals surface area contributed by atoms with Crippen LogP contribution in [-0.2, 0) is 13.0 Å². The molecule has 0 spiro atoms. The third-order valence-corrected chi connectivity index (χ3v) is 4.00. The van der Waals surface area contributed by atoms with Gasteiger partial charge in [-0.25, -0.2) is 4.79 Å². The van der Waals surface area contributed by atoms with Crippen molar-refractivity contribution in [2.45, 2.75) is 26.8 Å². The molecule has 6 heteroatoms. The minimum Gasteiger partial charge on any atom is -0.496 e. The van der Waals surface area contributed by atoms with Crippen molar-refractivity contribution >= 4 is 11.7 Å². The van der Waals surface area contributed by atoms with Crippen LogP contribution in [0.3, 0.4) is 0 Å². The second-order valence-electron chi connectivity index (χ2n) is 5.40. The molecule has 116 valence electrons. The van der Waals surface area contributed by atoms with Crippen LogP contribution in [0, 0.1) is 13.8 Å². The smallest absolute Gasteiger partial charge is 0.322 e. The summed E-state index contributed by atoms with van der Waals surface area (Å²) in [5.41, 5.74) is 3.65. The van der Waals surface area contributed by atoms with Crippen molar-refractivity contribution in [1.29, 1.82) is 0 Å². The van der Waals surface area contributed by atoms with Crippen LogP contribution in [0.2, 0.25) is 0 Å². The highest BCUT2D eigenvalue weighted by Crippen LogP contribution is 2.28. The Hall–Kier alpha value is -2.50. The number of aryl methyl sites for hydroxylation is 2. The van der Waals surface area contributed by atoms with Gasteiger partial charge in [0.05, 0.1) is 7.11 Å². The van der Waals surface area contributed by atoms with E-state index in [0.717, 1.165) is 17.7 Å². The van der Waals surface area contributed by atoms with Gasteiger partial charge in [0.1, 0.15) is 17.1 Å². The van der Waals surface area contributed by atoms with Crippen molar-refractivity contribution in [2.75, 3.05) is 19.0 Å². The summed E-state index contributed by atoms with van der Waals surface area (Å²) in [5, 5.41) is 6.74. The van der Waals surface area contributed by atoms with Crippen LogP contribution in [0.1, 0.15) is 22.6 Å². The van der Waals surface area contributed by atoms with Crippen LogP contribution in [0.25, 0.3) is 0 Å². The number of anilines is 1. The molecular weight excluding hydrogens is 282 g/mol. The lowest BCUT2D eigenvalue weighted by Crippen LogP contribution is -2.39. The average molecular weight is 301 g/mol. The maximum absolute atomic E-state index is 12.4. The van der Waals surface area contributed by atoms with E-state index < -0.39 is 0 Å². The predicted molar refractivity (Wildman–Crippen MR) is 82.1 cm³/mol. The number of carbonyl (C=O) groups is 1. The summed E-state index contributed by atoms with van der Waals surface area (Å²) < 4.78 is 10.5. The predicted octanol–water partition coefficient (Wildman–Crippen LogP) is 2.89. The van der Waals surface area contributed by atoms with Gasteiger partial charge in [-0.2, -0.15) is 0 Å². The molecule has 22 heavy (non-hydrogen) atoms. The van der Waals surface area contributed by atoms with E-state index in [1.165, 1.54) is 5.56 Å². The highest BCUT2D eigenvalue weighted by molar-refractivity contribution is 5.90. The van der Waals surface area contributed by atoms with Crippen molar-refractivity contribution in [3.05, 3.63) is 40.8 Å². The van der Waals surface area contributed by atoms with Gasteiger partial charge in [-0.1, -0.05) is 17.3 Å². The number of ether oxygens (including phenoxy) is 1. The lowest BCUT2D eigenvalue weighted by Gasteiger charge is -2.29. The van der Waals surface area contributed by atoms with Crippen molar-refractivity contribution in [3.8, 4) is 5.75 Å². The molecule has 2 aromatic rings. The van der Waals surface area contributed by atoms with E-state index in [0.29, 0.717) is 30.2 Å². The summed E-state index contributed by atoms with van der Waals surface area (Å²) in [6, 6.07) is 5.81. The summed E-state index contributed by atoms with van der Waals surface area (Å²) in [5.74, 6) is 1.51. The number of amides is 2. The summed E-state index contributed by atoms with van der Waals surface area (Å²) >= 11 is 0. The average Bonchev–Trinajstić information content (AvgIpc) is 2.85. The maximum atomic E-state index is 12.4. The molecule has 0 radical (unpaired) electrons. The number of methoxy groups -OCH3 is 1. The molecule has 1 aliphatic heterocycles. The van der Waals surface area contributed by atoms with Crippen LogP contribution in [0.4, 0.5) is 10.5 Å². The summed E-state index contributed by atoms with van der Waals surface area (Å²) in [6.07, 6.45) is 0.786. The first-order valence-electron chi connectivity index (χ1n) is 7.23. The van der Waals surface area contributed by atoms with Crippen LogP contribution in [0.15, 0.2) is 22.7 Å². The number of nitrogens with one attached hydrogen (secondary N) is 1. The Morgan fingerprint density at radius 1 is 1.41 bits per heavy atom. The molecule has 1 aromatic heterocycles. The van der Waals surface area contributed by atoms with E-state index in [2.05, 4.69) is 10.5 Å². The van der Waals surface area contributed by atoms with Crippen LogP contribution >= 0.6 is 0 Å². The van der Waals surface area contributed by atoms with Crippen LogP contribution < -0.4 is 10.1 Å². The number of hydrogen-bond donors (Lipinski definition) is 1. The minimum atomic E-state index is -0.136. The Morgan fingerprint density at radius 3 is 2.91 bits per heavy atom. The van der Waals surface area contributed by atoms with E-state index in [-0.39, 0.29) is 6.03 Å². The fraction of sp³-hybridized carbons (Fsp3) is 0.375. The molecular formula is C16H19N3O3. The number of nitrogens with zero attached hydrogens (tertiary/aromatic N) is 2. The molecule has 0 atom stereocenters. The van der Waals surface area contributed by atoms with E-state index in [1.54, 1.807) is 18.9 Å². The van der Waals surface area contributed by atoms with Gasteiger partial charge >= 0.3 is 6.03 Å². The van der Waals surface area contributed by atoms with Gasteiger partial charge < -0.3 is 19.5 Å².